The van der Waals surface area contributed by atoms with Gasteiger partial charge in [0.05, 0.1) is 6.61 Å². The number of likely N-dealkylation sites (tertiary alicyclic amines) is 1. The van der Waals surface area contributed by atoms with Crippen molar-refractivity contribution in [1.29, 1.82) is 0 Å². The number of carbonyl (C=O) groups excluding carboxylic acids is 1. The van der Waals surface area contributed by atoms with Crippen LogP contribution in [0.3, 0.4) is 0 Å². The van der Waals surface area contributed by atoms with E-state index < -0.39 is 0 Å². The Balaban J connectivity index is 1.21. The monoisotopic (exact) mass is 542 g/mol. The second kappa shape index (κ2) is 9.03. The number of rotatable bonds is 6. The summed E-state index contributed by atoms with van der Waals surface area (Å²) in [5, 5.41) is 0.864. The molecule has 0 radical (unpaired) electrons. The number of fused-ring (bicyclic) bond motifs is 2. The van der Waals surface area contributed by atoms with Crippen molar-refractivity contribution in [2.24, 2.45) is 11.8 Å². The number of ether oxygens (including phenoxy) is 1. The first-order valence-corrected chi connectivity index (χ1v) is 13.6. The van der Waals surface area contributed by atoms with Crippen LogP contribution in [0.25, 0.3) is 11.2 Å². The van der Waals surface area contributed by atoms with Gasteiger partial charge >= 0.3 is 0 Å². The maximum Gasteiger partial charge on any atom is 0.225 e. The van der Waals surface area contributed by atoms with Crippen LogP contribution < -0.4 is 10.5 Å². The molecule has 178 valence electrons. The minimum atomic E-state index is 0.309. The Bertz CT molecular complexity index is 1250. The lowest BCUT2D eigenvalue weighted by atomic mass is 9.93. The molecule has 1 saturated carbocycles. The molecule has 8 nitrogen and oxygen atoms in total. The number of aromatic nitrogens is 4. The third-order valence-corrected chi connectivity index (χ3v) is 9.05. The number of carbonyl (C=O) groups is 1. The molecule has 0 spiro atoms. The molecule has 2 aromatic heterocycles. The molecule has 2 aliphatic heterocycles. The number of nitrogens with two attached hydrogens (primary N) is 1. The van der Waals surface area contributed by atoms with E-state index in [0.717, 1.165) is 90.7 Å². The number of amides is 1. The van der Waals surface area contributed by atoms with Crippen molar-refractivity contribution in [2.75, 3.05) is 25.4 Å². The predicted molar refractivity (Wildman–Crippen MR) is 134 cm³/mol. The summed E-state index contributed by atoms with van der Waals surface area (Å²) in [7, 11) is 0. The number of halogens is 1. The highest BCUT2D eigenvalue weighted by Gasteiger charge is 2.35. The van der Waals surface area contributed by atoms with Gasteiger partial charge in [0.25, 0.3) is 0 Å². The van der Waals surface area contributed by atoms with Crippen molar-refractivity contribution in [3.05, 3.63) is 28.5 Å². The van der Waals surface area contributed by atoms with Crippen LogP contribution in [0, 0.1) is 11.8 Å². The van der Waals surface area contributed by atoms with Crippen LogP contribution in [0.5, 0.6) is 5.75 Å². The molecule has 6 rings (SSSR count). The third kappa shape index (κ3) is 4.26. The van der Waals surface area contributed by atoms with Gasteiger partial charge in [-0.3, -0.25) is 4.79 Å². The average Bonchev–Trinajstić information content (AvgIpc) is 3.50. The Labute approximate surface area is 210 Å². The fraction of sp³-hybridized carbons (Fsp3) is 0.500. The standard InChI is InChI=1S/C24H27BrN6O2S/c25-17-12-18-16(6-10-33-18)11-19(17)34-24-29-20-21(26)27-13-28-22(20)31(24)9-5-14-3-7-30(8-4-14)23(32)15-1-2-15/h11-15H,1-10H2,(H2,26,27,28). The summed E-state index contributed by atoms with van der Waals surface area (Å²) in [6, 6.07) is 4.23. The summed E-state index contributed by atoms with van der Waals surface area (Å²) in [4.78, 5) is 29.1. The van der Waals surface area contributed by atoms with Crippen molar-refractivity contribution in [3.8, 4) is 5.75 Å². The zero-order valence-electron chi connectivity index (χ0n) is 18.9. The molecular weight excluding hydrogens is 516 g/mol. The van der Waals surface area contributed by atoms with E-state index in [1.165, 1.54) is 11.9 Å². The molecular formula is C24H27BrN6O2S. The molecule has 3 aliphatic rings. The van der Waals surface area contributed by atoms with Crippen LogP contribution >= 0.6 is 27.7 Å². The zero-order valence-corrected chi connectivity index (χ0v) is 21.3. The highest BCUT2D eigenvalue weighted by Crippen LogP contribution is 2.40. The van der Waals surface area contributed by atoms with Gasteiger partial charge in [-0.2, -0.15) is 0 Å². The van der Waals surface area contributed by atoms with Gasteiger partial charge in [0.2, 0.25) is 5.91 Å². The summed E-state index contributed by atoms with van der Waals surface area (Å²) in [5.41, 5.74) is 8.79. The SMILES string of the molecule is Nc1ncnc2c1nc(Sc1cc3c(cc1Br)OCC3)n2CCC1CCN(C(=O)C2CC2)CC1. The second-order valence-electron chi connectivity index (χ2n) is 9.40. The van der Waals surface area contributed by atoms with Crippen LogP contribution in [-0.2, 0) is 17.8 Å². The lowest BCUT2D eigenvalue weighted by Crippen LogP contribution is -2.39. The van der Waals surface area contributed by atoms with Gasteiger partial charge in [0.1, 0.15) is 12.1 Å². The Kier molecular flexibility index (Phi) is 5.89. The predicted octanol–water partition coefficient (Wildman–Crippen LogP) is 4.30. The van der Waals surface area contributed by atoms with Crippen molar-refractivity contribution < 1.29 is 9.53 Å². The van der Waals surface area contributed by atoms with Crippen LogP contribution in [0.15, 0.2) is 33.0 Å². The number of anilines is 1. The molecule has 3 aromatic rings. The fourth-order valence-electron chi connectivity index (χ4n) is 4.91. The van der Waals surface area contributed by atoms with Gasteiger partial charge in [-0.05, 0) is 71.6 Å². The largest absolute Gasteiger partial charge is 0.493 e. The molecule has 0 unspecified atom stereocenters. The molecule has 4 heterocycles. The summed E-state index contributed by atoms with van der Waals surface area (Å²) in [6.07, 6.45) is 7.72. The lowest BCUT2D eigenvalue weighted by molar-refractivity contribution is -0.134. The summed E-state index contributed by atoms with van der Waals surface area (Å²) >= 11 is 5.32. The number of benzene rings is 1. The minimum absolute atomic E-state index is 0.309. The summed E-state index contributed by atoms with van der Waals surface area (Å²) in [6.45, 7) is 3.30. The Hall–Kier alpha value is -2.33. The molecule has 0 bridgehead atoms. The number of piperidine rings is 1. The maximum atomic E-state index is 12.4. The lowest BCUT2D eigenvalue weighted by Gasteiger charge is -2.32. The summed E-state index contributed by atoms with van der Waals surface area (Å²) in [5.74, 6) is 2.62. The van der Waals surface area contributed by atoms with Crippen molar-refractivity contribution >= 4 is 50.6 Å². The van der Waals surface area contributed by atoms with E-state index in [9.17, 15) is 4.79 Å². The van der Waals surface area contributed by atoms with E-state index in [2.05, 4.69) is 41.4 Å². The molecule has 1 aromatic carbocycles. The molecule has 2 fully saturated rings. The van der Waals surface area contributed by atoms with Crippen LogP contribution in [-0.4, -0.2) is 50.0 Å². The van der Waals surface area contributed by atoms with E-state index >= 15 is 0 Å². The Morgan fingerprint density at radius 2 is 2.03 bits per heavy atom. The first-order valence-electron chi connectivity index (χ1n) is 12.0. The van der Waals surface area contributed by atoms with Gasteiger partial charge in [-0.1, -0.05) is 11.8 Å². The van der Waals surface area contributed by atoms with Crippen molar-refractivity contribution in [1.82, 2.24) is 24.4 Å². The highest BCUT2D eigenvalue weighted by molar-refractivity contribution is 9.10. The molecule has 10 heteroatoms. The van der Waals surface area contributed by atoms with Gasteiger partial charge in [-0.25, -0.2) is 15.0 Å². The quantitative estimate of drug-likeness (QED) is 0.495. The number of nitrogens with zero attached hydrogens (tertiary/aromatic N) is 5. The molecule has 0 atom stereocenters. The fourth-order valence-corrected chi connectivity index (χ4v) is 6.45. The minimum Gasteiger partial charge on any atom is -0.493 e. The number of aryl methyl sites for hydroxylation is 1. The number of nitrogen functional groups attached to an aromatic ring is 1. The van der Waals surface area contributed by atoms with E-state index in [4.69, 9.17) is 15.5 Å². The van der Waals surface area contributed by atoms with Crippen molar-refractivity contribution in [3.63, 3.8) is 0 Å². The number of hydrogen-bond donors (Lipinski definition) is 1. The number of imidazole rings is 1. The molecule has 1 amide bonds. The maximum absolute atomic E-state index is 12.4. The average molecular weight is 543 g/mol. The highest BCUT2D eigenvalue weighted by atomic mass is 79.9. The van der Waals surface area contributed by atoms with Crippen molar-refractivity contribution in [2.45, 2.75) is 55.1 Å². The molecule has 1 saturated heterocycles. The smallest absolute Gasteiger partial charge is 0.225 e. The van der Waals surface area contributed by atoms with Gasteiger partial charge < -0.3 is 19.9 Å². The van der Waals surface area contributed by atoms with Crippen LogP contribution in [0.2, 0.25) is 0 Å². The third-order valence-electron chi connectivity index (χ3n) is 7.08. The molecule has 34 heavy (non-hydrogen) atoms. The van der Waals surface area contributed by atoms with E-state index in [0.29, 0.717) is 29.1 Å². The van der Waals surface area contributed by atoms with Crippen LogP contribution in [0.1, 0.15) is 37.7 Å². The normalized spacial score (nSPS) is 18.3. The van der Waals surface area contributed by atoms with Crippen LogP contribution in [0.4, 0.5) is 5.82 Å². The van der Waals surface area contributed by atoms with E-state index in [1.54, 1.807) is 11.8 Å². The first-order chi connectivity index (χ1) is 16.6. The zero-order chi connectivity index (χ0) is 23.2. The van der Waals surface area contributed by atoms with Gasteiger partial charge in [0.15, 0.2) is 22.1 Å². The van der Waals surface area contributed by atoms with Gasteiger partial charge in [0, 0.05) is 41.3 Å². The topological polar surface area (TPSA) is 99.2 Å². The van der Waals surface area contributed by atoms with E-state index in [-0.39, 0.29) is 0 Å². The number of hydrogen-bond acceptors (Lipinski definition) is 7. The summed E-state index contributed by atoms with van der Waals surface area (Å²) < 4.78 is 8.86. The molecule has 1 aliphatic carbocycles. The Morgan fingerprint density at radius 1 is 1.21 bits per heavy atom. The second-order valence-corrected chi connectivity index (χ2v) is 11.3. The first kappa shape index (κ1) is 22.2. The molecule has 2 N–H and O–H groups in total. The van der Waals surface area contributed by atoms with Gasteiger partial charge in [-0.15, -0.1) is 0 Å². The Morgan fingerprint density at radius 3 is 2.82 bits per heavy atom. The van der Waals surface area contributed by atoms with E-state index in [1.807, 2.05) is 6.07 Å².